The van der Waals surface area contributed by atoms with E-state index < -0.39 is 26.2 Å². The molecule has 96 valence electrons. The molecule has 0 fully saturated rings. The lowest BCUT2D eigenvalue weighted by atomic mass is 10.3. The molecule has 0 saturated heterocycles. The quantitative estimate of drug-likeness (QED) is 0.758. The molecule has 0 bridgehead atoms. The molecular formula is C10H11N3O4S. The maximum absolute atomic E-state index is 11.9. The fraction of sp³-hybridized carbons (Fsp3) is 0.200. The van der Waals surface area contributed by atoms with Crippen molar-refractivity contribution in [2.45, 2.75) is 17.4 Å². The number of nitrogen functional groups attached to an aromatic ring is 1. The lowest BCUT2D eigenvalue weighted by Gasteiger charge is -2.04. The van der Waals surface area contributed by atoms with Crippen LogP contribution in [0.25, 0.3) is 11.1 Å². The summed E-state index contributed by atoms with van der Waals surface area (Å²) in [4.78, 5) is 14.8. The van der Waals surface area contributed by atoms with Gasteiger partial charge in [0.2, 0.25) is 15.7 Å². The number of oxazole rings is 1. The summed E-state index contributed by atoms with van der Waals surface area (Å²) in [7, 11) is -4.01. The highest BCUT2D eigenvalue weighted by Gasteiger charge is 2.32. The first-order valence-electron chi connectivity index (χ1n) is 5.01. The van der Waals surface area contributed by atoms with Crippen LogP contribution in [0.3, 0.4) is 0 Å². The predicted molar refractivity (Wildman–Crippen MR) is 64.3 cm³/mol. The fourth-order valence-electron chi connectivity index (χ4n) is 1.35. The maximum atomic E-state index is 11.9. The third-order valence-electron chi connectivity index (χ3n) is 2.50. The number of nitrogens with two attached hydrogens (primary N) is 2. The van der Waals surface area contributed by atoms with Crippen molar-refractivity contribution >= 4 is 32.5 Å². The van der Waals surface area contributed by atoms with Gasteiger partial charge in [-0.25, -0.2) is 8.42 Å². The summed E-state index contributed by atoms with van der Waals surface area (Å²) >= 11 is 0. The maximum Gasteiger partial charge on any atom is 0.316 e. The molecule has 0 spiro atoms. The lowest BCUT2D eigenvalue weighted by Crippen LogP contribution is -2.33. The number of hydrogen-bond donors (Lipinski definition) is 2. The number of rotatable bonds is 3. The molecule has 0 radical (unpaired) electrons. The number of benzene rings is 1. The Balaban J connectivity index is 2.58. The zero-order valence-corrected chi connectivity index (χ0v) is 10.3. The number of primary amides is 1. The Kier molecular flexibility index (Phi) is 2.74. The highest BCUT2D eigenvalue weighted by molar-refractivity contribution is 7.92. The topological polar surface area (TPSA) is 129 Å². The Morgan fingerprint density at radius 1 is 1.44 bits per heavy atom. The van der Waals surface area contributed by atoms with Gasteiger partial charge in [-0.05, 0) is 19.1 Å². The van der Waals surface area contributed by atoms with Crippen LogP contribution in [0.15, 0.2) is 27.8 Å². The number of fused-ring (bicyclic) bond motifs is 1. The van der Waals surface area contributed by atoms with Crippen LogP contribution in [0.4, 0.5) is 5.69 Å². The van der Waals surface area contributed by atoms with Gasteiger partial charge in [-0.1, -0.05) is 0 Å². The SMILES string of the molecule is CC(C(N)=O)S(=O)(=O)c1nc2ccc(N)cc2o1. The monoisotopic (exact) mass is 269 g/mol. The fourth-order valence-corrected chi connectivity index (χ4v) is 2.39. The molecule has 0 aliphatic rings. The Morgan fingerprint density at radius 2 is 2.11 bits per heavy atom. The van der Waals surface area contributed by atoms with Gasteiger partial charge in [0.25, 0.3) is 0 Å². The average molecular weight is 269 g/mol. The number of anilines is 1. The first-order chi connectivity index (χ1) is 8.32. The van der Waals surface area contributed by atoms with E-state index in [-0.39, 0.29) is 5.58 Å². The number of carbonyl (C=O) groups excluding carboxylic acids is 1. The number of sulfone groups is 1. The molecule has 1 atom stereocenters. The van der Waals surface area contributed by atoms with E-state index in [2.05, 4.69) is 4.98 Å². The molecule has 1 aromatic carbocycles. The Hall–Kier alpha value is -2.09. The van der Waals surface area contributed by atoms with Crippen LogP contribution in [-0.4, -0.2) is 24.6 Å². The van der Waals surface area contributed by atoms with E-state index in [0.29, 0.717) is 11.2 Å². The summed E-state index contributed by atoms with van der Waals surface area (Å²) < 4.78 is 29.0. The smallest absolute Gasteiger partial charge is 0.316 e. The van der Waals surface area contributed by atoms with Gasteiger partial charge in [0, 0.05) is 11.8 Å². The van der Waals surface area contributed by atoms with Gasteiger partial charge in [0.1, 0.15) is 10.8 Å². The summed E-state index contributed by atoms with van der Waals surface area (Å²) in [6.07, 6.45) is 0. The summed E-state index contributed by atoms with van der Waals surface area (Å²) in [6.45, 7) is 1.18. The molecular weight excluding hydrogens is 258 g/mol. The molecule has 0 aliphatic heterocycles. The highest BCUT2D eigenvalue weighted by Crippen LogP contribution is 2.23. The van der Waals surface area contributed by atoms with Crippen molar-refractivity contribution in [3.8, 4) is 0 Å². The van der Waals surface area contributed by atoms with E-state index >= 15 is 0 Å². The van der Waals surface area contributed by atoms with Gasteiger partial charge in [-0.2, -0.15) is 4.98 Å². The van der Waals surface area contributed by atoms with E-state index in [0.717, 1.165) is 0 Å². The van der Waals surface area contributed by atoms with Crippen LogP contribution in [0.1, 0.15) is 6.92 Å². The zero-order valence-electron chi connectivity index (χ0n) is 9.45. The zero-order chi connectivity index (χ0) is 13.5. The molecule has 18 heavy (non-hydrogen) atoms. The van der Waals surface area contributed by atoms with Crippen molar-refractivity contribution in [2.24, 2.45) is 5.73 Å². The lowest BCUT2D eigenvalue weighted by molar-refractivity contribution is -0.117. The van der Waals surface area contributed by atoms with E-state index in [1.54, 1.807) is 6.07 Å². The molecule has 2 rings (SSSR count). The Labute approximate surface area is 103 Å². The van der Waals surface area contributed by atoms with E-state index in [4.69, 9.17) is 15.9 Å². The molecule has 8 heteroatoms. The normalized spacial score (nSPS) is 13.6. The molecule has 1 amide bonds. The van der Waals surface area contributed by atoms with Crippen molar-refractivity contribution < 1.29 is 17.6 Å². The summed E-state index contributed by atoms with van der Waals surface area (Å²) in [6, 6.07) is 4.55. The standard InChI is InChI=1S/C10H11N3O4S/c1-5(9(12)14)18(15,16)10-13-7-3-2-6(11)4-8(7)17-10/h2-5H,11H2,1H3,(H2,12,14). The second kappa shape index (κ2) is 3.98. The van der Waals surface area contributed by atoms with Crippen molar-refractivity contribution in [1.82, 2.24) is 4.98 Å². The van der Waals surface area contributed by atoms with Gasteiger partial charge < -0.3 is 15.9 Å². The molecule has 4 N–H and O–H groups in total. The van der Waals surface area contributed by atoms with Gasteiger partial charge in [-0.15, -0.1) is 0 Å². The minimum absolute atomic E-state index is 0.241. The van der Waals surface area contributed by atoms with Crippen LogP contribution in [-0.2, 0) is 14.6 Å². The molecule has 1 aromatic heterocycles. The van der Waals surface area contributed by atoms with Gasteiger partial charge in [0.05, 0.1) is 0 Å². The molecule has 1 unspecified atom stereocenters. The van der Waals surface area contributed by atoms with Gasteiger partial charge in [0.15, 0.2) is 5.58 Å². The summed E-state index contributed by atoms with van der Waals surface area (Å²) in [5, 5.41) is -1.93. The van der Waals surface area contributed by atoms with Crippen LogP contribution in [0.5, 0.6) is 0 Å². The predicted octanol–water partition coefficient (Wildman–Crippen LogP) is 0.0575. The van der Waals surface area contributed by atoms with Crippen molar-refractivity contribution in [1.29, 1.82) is 0 Å². The number of carbonyl (C=O) groups is 1. The van der Waals surface area contributed by atoms with E-state index in [1.165, 1.54) is 19.1 Å². The molecule has 1 heterocycles. The average Bonchev–Trinajstić information content (AvgIpc) is 2.71. The van der Waals surface area contributed by atoms with Crippen LogP contribution in [0.2, 0.25) is 0 Å². The van der Waals surface area contributed by atoms with Gasteiger partial charge >= 0.3 is 5.22 Å². The third-order valence-corrected chi connectivity index (χ3v) is 4.33. The van der Waals surface area contributed by atoms with Crippen molar-refractivity contribution in [3.63, 3.8) is 0 Å². The summed E-state index contributed by atoms with van der Waals surface area (Å²) in [5.74, 6) is -0.961. The van der Waals surface area contributed by atoms with E-state index in [9.17, 15) is 13.2 Å². The first-order valence-corrected chi connectivity index (χ1v) is 6.56. The minimum Gasteiger partial charge on any atom is -0.428 e. The van der Waals surface area contributed by atoms with E-state index in [1.807, 2.05) is 0 Å². The summed E-state index contributed by atoms with van der Waals surface area (Å²) in [5.41, 5.74) is 11.5. The Morgan fingerprint density at radius 3 is 2.72 bits per heavy atom. The number of aromatic nitrogens is 1. The molecule has 0 saturated carbocycles. The van der Waals surface area contributed by atoms with Crippen LogP contribution < -0.4 is 11.5 Å². The van der Waals surface area contributed by atoms with Crippen molar-refractivity contribution in [3.05, 3.63) is 18.2 Å². The second-order valence-corrected chi connectivity index (χ2v) is 5.94. The number of hydrogen-bond acceptors (Lipinski definition) is 6. The first kappa shape index (κ1) is 12.4. The van der Waals surface area contributed by atoms with Crippen LogP contribution >= 0.6 is 0 Å². The molecule has 2 aromatic rings. The van der Waals surface area contributed by atoms with Gasteiger partial charge in [-0.3, -0.25) is 4.79 Å². The molecule has 0 aliphatic carbocycles. The second-order valence-electron chi connectivity index (χ2n) is 3.80. The highest BCUT2D eigenvalue weighted by atomic mass is 32.2. The molecule has 7 nitrogen and oxygen atoms in total. The largest absolute Gasteiger partial charge is 0.428 e. The van der Waals surface area contributed by atoms with Crippen molar-refractivity contribution in [2.75, 3.05) is 5.73 Å². The number of nitrogens with zero attached hydrogens (tertiary/aromatic N) is 1. The minimum atomic E-state index is -4.01. The van der Waals surface area contributed by atoms with Crippen LogP contribution in [0, 0.1) is 0 Å². The number of amides is 1. The Bertz CT molecular complexity index is 720. The third kappa shape index (κ3) is 1.90.